The number of nitrogens with zero attached hydrogens (tertiary/aromatic N) is 1. The van der Waals surface area contributed by atoms with Gasteiger partial charge in [-0.25, -0.2) is 0 Å². The Kier molecular flexibility index (Phi) is 4.60. The molecule has 1 aromatic carbocycles. The number of nitrogens with two attached hydrogens (primary N) is 1. The molecule has 8 nitrogen and oxygen atoms in total. The normalized spacial score (nSPS) is 12.9. The van der Waals surface area contributed by atoms with Crippen LogP contribution in [0.15, 0.2) is 23.4 Å². The van der Waals surface area contributed by atoms with Crippen molar-refractivity contribution in [3.8, 4) is 11.5 Å². The SMILES string of the molecule is C/C(=N/OCC(=O)NCC(N)=O)c1ccc2c(c1)OCO2. The van der Waals surface area contributed by atoms with Crippen molar-refractivity contribution in [1.29, 1.82) is 0 Å². The molecule has 0 radical (unpaired) electrons. The fraction of sp³-hybridized carbons (Fsp3) is 0.308. The summed E-state index contributed by atoms with van der Waals surface area (Å²) in [5.74, 6) is 0.221. The molecule has 0 fully saturated rings. The predicted octanol–water partition coefficient (Wildman–Crippen LogP) is -0.243. The van der Waals surface area contributed by atoms with Crippen molar-refractivity contribution in [2.24, 2.45) is 10.9 Å². The third kappa shape index (κ3) is 4.10. The quantitative estimate of drug-likeness (QED) is 0.555. The first-order chi connectivity index (χ1) is 10.1. The number of rotatable bonds is 6. The van der Waals surface area contributed by atoms with E-state index in [0.29, 0.717) is 17.2 Å². The average Bonchev–Trinajstić information content (AvgIpc) is 2.92. The third-order valence-corrected chi connectivity index (χ3v) is 2.65. The van der Waals surface area contributed by atoms with Gasteiger partial charge in [0, 0.05) is 5.56 Å². The van der Waals surface area contributed by atoms with E-state index in [-0.39, 0.29) is 19.9 Å². The van der Waals surface area contributed by atoms with Crippen LogP contribution in [0.5, 0.6) is 11.5 Å². The molecule has 3 N–H and O–H groups in total. The molecular weight excluding hydrogens is 278 g/mol. The lowest BCUT2D eigenvalue weighted by molar-refractivity contribution is -0.128. The van der Waals surface area contributed by atoms with E-state index in [0.717, 1.165) is 5.56 Å². The Balaban J connectivity index is 1.86. The lowest BCUT2D eigenvalue weighted by atomic mass is 10.1. The van der Waals surface area contributed by atoms with Gasteiger partial charge < -0.3 is 25.4 Å². The summed E-state index contributed by atoms with van der Waals surface area (Å²) in [5.41, 5.74) is 6.26. The van der Waals surface area contributed by atoms with Crippen LogP contribution in [0, 0.1) is 0 Å². The summed E-state index contributed by atoms with van der Waals surface area (Å²) in [5, 5.41) is 6.12. The molecule has 2 rings (SSSR count). The highest BCUT2D eigenvalue weighted by Gasteiger charge is 2.14. The molecule has 112 valence electrons. The Morgan fingerprint density at radius 2 is 2.14 bits per heavy atom. The number of nitrogens with one attached hydrogen (secondary N) is 1. The van der Waals surface area contributed by atoms with E-state index < -0.39 is 11.8 Å². The number of hydrogen-bond acceptors (Lipinski definition) is 6. The first kappa shape index (κ1) is 14.6. The Hall–Kier alpha value is -2.77. The fourth-order valence-electron chi connectivity index (χ4n) is 1.60. The summed E-state index contributed by atoms with van der Waals surface area (Å²) >= 11 is 0. The van der Waals surface area contributed by atoms with Crippen molar-refractivity contribution in [2.75, 3.05) is 19.9 Å². The molecule has 0 unspecified atom stereocenters. The second kappa shape index (κ2) is 6.60. The minimum absolute atomic E-state index is 0.200. The molecule has 2 amide bonds. The van der Waals surface area contributed by atoms with Crippen molar-refractivity contribution in [2.45, 2.75) is 6.92 Å². The summed E-state index contributed by atoms with van der Waals surface area (Å²) in [7, 11) is 0. The van der Waals surface area contributed by atoms with Gasteiger partial charge in [-0.05, 0) is 25.1 Å². The van der Waals surface area contributed by atoms with Crippen LogP contribution in [-0.2, 0) is 14.4 Å². The van der Waals surface area contributed by atoms with E-state index in [2.05, 4.69) is 10.5 Å². The highest BCUT2D eigenvalue weighted by Crippen LogP contribution is 2.32. The van der Waals surface area contributed by atoms with Gasteiger partial charge in [-0.15, -0.1) is 0 Å². The second-order valence-corrected chi connectivity index (χ2v) is 4.26. The Bertz CT molecular complexity index is 585. The van der Waals surface area contributed by atoms with Crippen molar-refractivity contribution in [3.63, 3.8) is 0 Å². The molecule has 0 bridgehead atoms. The summed E-state index contributed by atoms with van der Waals surface area (Å²) in [4.78, 5) is 26.7. The third-order valence-electron chi connectivity index (χ3n) is 2.65. The number of fused-ring (bicyclic) bond motifs is 1. The Morgan fingerprint density at radius 1 is 1.38 bits per heavy atom. The Morgan fingerprint density at radius 3 is 2.90 bits per heavy atom. The molecule has 0 aromatic heterocycles. The highest BCUT2D eigenvalue weighted by atomic mass is 16.7. The van der Waals surface area contributed by atoms with E-state index >= 15 is 0 Å². The molecule has 0 atom stereocenters. The lowest BCUT2D eigenvalue weighted by Gasteiger charge is -2.04. The topological polar surface area (TPSA) is 112 Å². The van der Waals surface area contributed by atoms with Crippen molar-refractivity contribution < 1.29 is 23.9 Å². The molecule has 0 aliphatic carbocycles. The summed E-state index contributed by atoms with van der Waals surface area (Å²) in [6, 6.07) is 5.36. The second-order valence-electron chi connectivity index (χ2n) is 4.26. The Labute approximate surface area is 120 Å². The van der Waals surface area contributed by atoms with Gasteiger partial charge in [0.05, 0.1) is 12.3 Å². The smallest absolute Gasteiger partial charge is 0.261 e. The molecule has 1 aliphatic heterocycles. The van der Waals surface area contributed by atoms with Gasteiger partial charge in [0.15, 0.2) is 18.1 Å². The predicted molar refractivity (Wildman–Crippen MR) is 72.9 cm³/mol. The monoisotopic (exact) mass is 293 g/mol. The number of oxime groups is 1. The van der Waals surface area contributed by atoms with Crippen LogP contribution in [0.2, 0.25) is 0 Å². The van der Waals surface area contributed by atoms with Crippen molar-refractivity contribution in [3.05, 3.63) is 23.8 Å². The van der Waals surface area contributed by atoms with Crippen LogP contribution in [0.4, 0.5) is 0 Å². The summed E-state index contributed by atoms with van der Waals surface area (Å²) < 4.78 is 10.5. The van der Waals surface area contributed by atoms with Crippen LogP contribution >= 0.6 is 0 Å². The van der Waals surface area contributed by atoms with E-state index in [1.54, 1.807) is 19.1 Å². The zero-order valence-corrected chi connectivity index (χ0v) is 11.4. The van der Waals surface area contributed by atoms with Gasteiger partial charge >= 0.3 is 0 Å². The maximum atomic E-state index is 11.3. The van der Waals surface area contributed by atoms with Gasteiger partial charge in [-0.1, -0.05) is 5.16 Å². The number of primary amides is 1. The number of hydrogen-bond donors (Lipinski definition) is 2. The molecular formula is C13H15N3O5. The van der Waals surface area contributed by atoms with Gasteiger partial charge in [0.1, 0.15) is 0 Å². The molecule has 0 saturated heterocycles. The van der Waals surface area contributed by atoms with E-state index in [1.807, 2.05) is 6.07 Å². The van der Waals surface area contributed by atoms with E-state index in [9.17, 15) is 9.59 Å². The lowest BCUT2D eigenvalue weighted by Crippen LogP contribution is -2.35. The molecule has 21 heavy (non-hydrogen) atoms. The van der Waals surface area contributed by atoms with Crippen LogP contribution in [-0.4, -0.2) is 37.5 Å². The molecule has 8 heteroatoms. The van der Waals surface area contributed by atoms with Crippen LogP contribution in [0.1, 0.15) is 12.5 Å². The number of benzene rings is 1. The van der Waals surface area contributed by atoms with Crippen molar-refractivity contribution in [1.82, 2.24) is 5.32 Å². The number of amides is 2. The van der Waals surface area contributed by atoms with Crippen LogP contribution in [0.3, 0.4) is 0 Å². The van der Waals surface area contributed by atoms with Crippen LogP contribution in [0.25, 0.3) is 0 Å². The molecule has 1 aromatic rings. The number of ether oxygens (including phenoxy) is 2. The zero-order chi connectivity index (χ0) is 15.2. The minimum atomic E-state index is -0.622. The number of carbonyl (C=O) groups excluding carboxylic acids is 2. The highest BCUT2D eigenvalue weighted by molar-refractivity contribution is 5.99. The molecule has 0 saturated carbocycles. The maximum absolute atomic E-state index is 11.3. The van der Waals surface area contributed by atoms with Gasteiger partial charge in [0.2, 0.25) is 12.7 Å². The minimum Gasteiger partial charge on any atom is -0.454 e. The molecule has 1 aliphatic rings. The largest absolute Gasteiger partial charge is 0.454 e. The molecule has 1 heterocycles. The first-order valence-corrected chi connectivity index (χ1v) is 6.18. The number of carbonyl (C=O) groups is 2. The van der Waals surface area contributed by atoms with Gasteiger partial charge in [-0.3, -0.25) is 9.59 Å². The van der Waals surface area contributed by atoms with Gasteiger partial charge in [-0.2, -0.15) is 0 Å². The standard InChI is InChI=1S/C13H15N3O5/c1-8(16-21-6-13(18)15-5-12(14)17)9-2-3-10-11(4-9)20-7-19-10/h2-4H,5-7H2,1H3,(H2,14,17)(H,15,18)/b16-8-. The summed E-state index contributed by atoms with van der Waals surface area (Å²) in [6.07, 6.45) is 0. The maximum Gasteiger partial charge on any atom is 0.261 e. The van der Waals surface area contributed by atoms with Crippen molar-refractivity contribution >= 4 is 17.5 Å². The fourth-order valence-corrected chi connectivity index (χ4v) is 1.60. The van der Waals surface area contributed by atoms with Crippen LogP contribution < -0.4 is 20.5 Å². The zero-order valence-electron chi connectivity index (χ0n) is 11.4. The van der Waals surface area contributed by atoms with E-state index in [4.69, 9.17) is 20.0 Å². The summed E-state index contributed by atoms with van der Waals surface area (Å²) in [6.45, 7) is 1.41. The first-order valence-electron chi connectivity index (χ1n) is 6.18. The van der Waals surface area contributed by atoms with E-state index in [1.165, 1.54) is 0 Å². The average molecular weight is 293 g/mol. The van der Waals surface area contributed by atoms with Gasteiger partial charge in [0.25, 0.3) is 5.91 Å². The molecule has 0 spiro atoms.